The number of methoxy groups -OCH3 is 3. The van der Waals surface area contributed by atoms with Gasteiger partial charge in [-0.3, -0.25) is 14.9 Å². The van der Waals surface area contributed by atoms with E-state index in [0.717, 1.165) is 17.7 Å². The number of rotatable bonds is 5. The first-order valence-corrected chi connectivity index (χ1v) is 11.3. The Morgan fingerprint density at radius 1 is 0.970 bits per heavy atom. The van der Waals surface area contributed by atoms with Crippen molar-refractivity contribution in [3.05, 3.63) is 48.0 Å². The van der Waals surface area contributed by atoms with Crippen LogP contribution < -0.4 is 30.0 Å². The molecule has 5 unspecified atom stereocenters. The van der Waals surface area contributed by atoms with Crippen molar-refractivity contribution in [2.45, 2.75) is 24.9 Å². The molecule has 0 spiro atoms. The molecule has 8 heteroatoms. The normalized spacial score (nSPS) is 28.8. The highest BCUT2D eigenvalue weighted by molar-refractivity contribution is 5.98. The summed E-state index contributed by atoms with van der Waals surface area (Å²) in [5.74, 6) is 1.33. The van der Waals surface area contributed by atoms with E-state index in [0.29, 0.717) is 30.2 Å². The Bertz CT molecular complexity index is 1030. The van der Waals surface area contributed by atoms with Gasteiger partial charge in [0.15, 0.2) is 11.5 Å². The molecule has 2 aromatic rings. The molecular formula is C25H29N3O5. The standard InChI is InChI=1S/C25H29N3O5/c1-31-20-11-15(12-21(32-2)23(20)33-3)14-9-17-18(19(29)10-14)13-26-24-22(17)25(30)28(27-24)16-7-5-4-6-8-16/h4-8,11-12,14,17-18,22,24,26-27H,9-10,13H2,1-3H3. The first-order valence-electron chi connectivity index (χ1n) is 11.3. The van der Waals surface area contributed by atoms with Crippen molar-refractivity contribution in [2.75, 3.05) is 32.9 Å². The van der Waals surface area contributed by atoms with Crippen LogP contribution in [0, 0.1) is 17.8 Å². The quantitative estimate of drug-likeness (QED) is 0.722. The van der Waals surface area contributed by atoms with Crippen LogP contribution in [0.15, 0.2) is 42.5 Å². The fraction of sp³-hybridized carbons (Fsp3) is 0.440. The zero-order chi connectivity index (χ0) is 23.1. The number of nitrogens with zero attached hydrogens (tertiary/aromatic N) is 1. The van der Waals surface area contributed by atoms with Crippen LogP contribution in [0.4, 0.5) is 5.69 Å². The largest absolute Gasteiger partial charge is 0.493 e. The van der Waals surface area contributed by atoms with E-state index in [1.807, 2.05) is 42.5 Å². The minimum absolute atomic E-state index is 0.00624. The lowest BCUT2D eigenvalue weighted by Gasteiger charge is -2.43. The number of hydrazine groups is 1. The van der Waals surface area contributed by atoms with Crippen molar-refractivity contribution < 1.29 is 23.8 Å². The van der Waals surface area contributed by atoms with E-state index in [1.165, 1.54) is 0 Å². The van der Waals surface area contributed by atoms with Gasteiger partial charge in [-0.25, -0.2) is 10.4 Å². The number of carbonyl (C=O) groups is 2. The van der Waals surface area contributed by atoms with Crippen molar-refractivity contribution >= 4 is 17.4 Å². The second kappa shape index (κ2) is 8.68. The minimum atomic E-state index is -0.308. The van der Waals surface area contributed by atoms with E-state index < -0.39 is 0 Å². The highest BCUT2D eigenvalue weighted by Crippen LogP contribution is 2.48. The summed E-state index contributed by atoms with van der Waals surface area (Å²) in [6.07, 6.45) is 0.988. The maximum atomic E-state index is 13.5. The smallest absolute Gasteiger partial charge is 0.247 e. The summed E-state index contributed by atoms with van der Waals surface area (Å²) in [4.78, 5) is 26.7. The number of fused-ring (bicyclic) bond motifs is 3. The Morgan fingerprint density at radius 3 is 2.30 bits per heavy atom. The molecule has 0 radical (unpaired) electrons. The van der Waals surface area contributed by atoms with Crippen LogP contribution >= 0.6 is 0 Å². The second-order valence-corrected chi connectivity index (χ2v) is 8.88. The lowest BCUT2D eigenvalue weighted by molar-refractivity contribution is -0.133. The highest BCUT2D eigenvalue weighted by Gasteiger charge is 2.54. The number of carbonyl (C=O) groups excluding carboxylic acids is 2. The molecular weight excluding hydrogens is 422 g/mol. The highest BCUT2D eigenvalue weighted by atomic mass is 16.5. The predicted molar refractivity (Wildman–Crippen MR) is 122 cm³/mol. The molecule has 8 nitrogen and oxygen atoms in total. The number of ketones is 1. The fourth-order valence-corrected chi connectivity index (χ4v) is 5.67. The third-order valence-electron chi connectivity index (χ3n) is 7.26. The van der Waals surface area contributed by atoms with E-state index in [4.69, 9.17) is 14.2 Å². The molecule has 0 bridgehead atoms. The van der Waals surface area contributed by atoms with Crippen LogP contribution in [0.5, 0.6) is 17.2 Å². The Kier molecular flexibility index (Phi) is 5.72. The maximum absolute atomic E-state index is 13.5. The topological polar surface area (TPSA) is 89.1 Å². The maximum Gasteiger partial charge on any atom is 0.247 e. The summed E-state index contributed by atoms with van der Waals surface area (Å²) in [6, 6.07) is 13.4. The average molecular weight is 452 g/mol. The number of para-hydroxylation sites is 1. The molecule has 2 saturated heterocycles. The van der Waals surface area contributed by atoms with Gasteiger partial charge in [-0.1, -0.05) is 18.2 Å². The molecule has 1 saturated carbocycles. The summed E-state index contributed by atoms with van der Waals surface area (Å²) in [5.41, 5.74) is 5.08. The fourth-order valence-electron chi connectivity index (χ4n) is 5.67. The molecule has 3 aliphatic rings. The summed E-state index contributed by atoms with van der Waals surface area (Å²) in [5, 5.41) is 5.02. The van der Waals surface area contributed by atoms with Crippen molar-refractivity contribution in [2.24, 2.45) is 17.8 Å². The molecule has 2 aliphatic heterocycles. The SMILES string of the molecule is COc1cc(C2CC(=O)C3CNC4NN(c5ccccc5)C(=O)C4C3C2)cc(OC)c1OC. The van der Waals surface area contributed by atoms with Gasteiger partial charge in [0.25, 0.3) is 0 Å². The molecule has 2 N–H and O–H groups in total. The Morgan fingerprint density at radius 2 is 1.67 bits per heavy atom. The van der Waals surface area contributed by atoms with Crippen LogP contribution in [0.25, 0.3) is 0 Å². The minimum Gasteiger partial charge on any atom is -0.493 e. The summed E-state index contributed by atoms with van der Waals surface area (Å²) in [6.45, 7) is 0.579. The average Bonchev–Trinajstić information content (AvgIpc) is 3.20. The number of hydrogen-bond donors (Lipinski definition) is 2. The predicted octanol–water partition coefficient (Wildman–Crippen LogP) is 2.49. The lowest BCUT2D eigenvalue weighted by atomic mass is 9.64. The van der Waals surface area contributed by atoms with Crippen molar-refractivity contribution in [1.29, 1.82) is 0 Å². The van der Waals surface area contributed by atoms with Crippen LogP contribution in [0.1, 0.15) is 24.3 Å². The first kappa shape index (κ1) is 21.7. The van der Waals surface area contributed by atoms with Gasteiger partial charge in [0.2, 0.25) is 11.7 Å². The monoisotopic (exact) mass is 451 g/mol. The summed E-state index contributed by atoms with van der Waals surface area (Å²) >= 11 is 0. The van der Waals surface area contributed by atoms with Gasteiger partial charge in [-0.15, -0.1) is 0 Å². The molecule has 33 heavy (non-hydrogen) atoms. The van der Waals surface area contributed by atoms with Crippen LogP contribution in [-0.2, 0) is 9.59 Å². The number of benzene rings is 2. The van der Waals surface area contributed by atoms with E-state index in [9.17, 15) is 9.59 Å². The van der Waals surface area contributed by atoms with Gasteiger partial charge in [0.1, 0.15) is 5.78 Å². The molecule has 1 aliphatic carbocycles. The molecule has 2 aromatic carbocycles. The molecule has 2 heterocycles. The zero-order valence-electron chi connectivity index (χ0n) is 19.0. The number of nitrogens with one attached hydrogen (secondary N) is 2. The van der Waals surface area contributed by atoms with Crippen LogP contribution in [-0.4, -0.2) is 45.7 Å². The van der Waals surface area contributed by atoms with Crippen LogP contribution in [0.2, 0.25) is 0 Å². The summed E-state index contributed by atoms with van der Waals surface area (Å²) in [7, 11) is 4.74. The van der Waals surface area contributed by atoms with Crippen molar-refractivity contribution in [3.63, 3.8) is 0 Å². The van der Waals surface area contributed by atoms with E-state index in [1.54, 1.807) is 26.3 Å². The van der Waals surface area contributed by atoms with Gasteiger partial charge in [-0.2, -0.15) is 0 Å². The Labute approximate surface area is 193 Å². The van der Waals surface area contributed by atoms with E-state index in [-0.39, 0.29) is 41.5 Å². The van der Waals surface area contributed by atoms with Gasteiger partial charge in [0, 0.05) is 18.9 Å². The number of ether oxygens (including phenoxy) is 3. The van der Waals surface area contributed by atoms with E-state index in [2.05, 4.69) is 10.7 Å². The Hall–Kier alpha value is -3.10. The number of piperidine rings is 1. The first-order chi connectivity index (χ1) is 16.0. The Balaban J connectivity index is 1.45. The van der Waals surface area contributed by atoms with Crippen LogP contribution in [0.3, 0.4) is 0 Å². The molecule has 5 atom stereocenters. The van der Waals surface area contributed by atoms with Gasteiger partial charge >= 0.3 is 0 Å². The number of amides is 1. The number of Topliss-reactive ketones (excluding diaryl/α,β-unsaturated/α-hetero) is 1. The van der Waals surface area contributed by atoms with Crippen molar-refractivity contribution in [1.82, 2.24) is 10.7 Å². The van der Waals surface area contributed by atoms with Gasteiger partial charge < -0.3 is 14.2 Å². The zero-order valence-corrected chi connectivity index (χ0v) is 19.0. The van der Waals surface area contributed by atoms with Crippen molar-refractivity contribution in [3.8, 4) is 17.2 Å². The van der Waals surface area contributed by atoms with Gasteiger partial charge in [0.05, 0.1) is 39.1 Å². The molecule has 174 valence electrons. The third kappa shape index (κ3) is 3.63. The number of anilines is 1. The summed E-state index contributed by atoms with van der Waals surface area (Å²) < 4.78 is 16.5. The molecule has 0 aromatic heterocycles. The number of hydrogen-bond acceptors (Lipinski definition) is 7. The molecule has 1 amide bonds. The lowest BCUT2D eigenvalue weighted by Crippen LogP contribution is -2.57. The molecule has 5 rings (SSSR count). The van der Waals surface area contributed by atoms with Gasteiger partial charge in [-0.05, 0) is 48.1 Å². The second-order valence-electron chi connectivity index (χ2n) is 8.88. The third-order valence-corrected chi connectivity index (χ3v) is 7.26. The van der Waals surface area contributed by atoms with E-state index >= 15 is 0 Å². The molecule has 3 fully saturated rings.